The Balaban J connectivity index is 2.45. The van der Waals surface area contributed by atoms with Gasteiger partial charge in [0.15, 0.2) is 0 Å². The number of benzene rings is 1. The predicted molar refractivity (Wildman–Crippen MR) is 71.6 cm³/mol. The number of rotatable bonds is 3. The van der Waals surface area contributed by atoms with Crippen molar-refractivity contribution in [2.75, 3.05) is 7.05 Å². The third-order valence-corrected chi connectivity index (χ3v) is 3.00. The summed E-state index contributed by atoms with van der Waals surface area (Å²) in [5, 5.41) is 4.18. The number of pyridine rings is 1. The molecule has 94 valence electrons. The summed E-state index contributed by atoms with van der Waals surface area (Å²) in [6, 6.07) is 6.47. The van der Waals surface area contributed by atoms with E-state index >= 15 is 0 Å². The average molecular weight is 285 g/mol. The van der Waals surface area contributed by atoms with Crippen LogP contribution in [0.5, 0.6) is 0 Å². The Morgan fingerprint density at radius 2 is 1.72 bits per heavy atom. The minimum atomic E-state index is -0.374. The largest absolute Gasteiger partial charge is 0.309 e. The number of hydrogen-bond acceptors (Lipinski definition) is 2. The van der Waals surface area contributed by atoms with Gasteiger partial charge in [0, 0.05) is 16.2 Å². The van der Waals surface area contributed by atoms with Gasteiger partial charge in [0.25, 0.3) is 0 Å². The number of nitrogens with zero attached hydrogens (tertiary/aromatic N) is 1. The molecule has 0 spiro atoms. The third kappa shape index (κ3) is 2.99. The van der Waals surface area contributed by atoms with Crippen LogP contribution in [-0.2, 0) is 0 Å². The second kappa shape index (κ2) is 5.65. The first kappa shape index (κ1) is 13.3. The summed E-state index contributed by atoms with van der Waals surface area (Å²) in [5.74, 6) is -0.374. The second-order valence-electron chi connectivity index (χ2n) is 3.86. The molecule has 1 aromatic carbocycles. The summed E-state index contributed by atoms with van der Waals surface area (Å²) < 4.78 is 13.2. The van der Waals surface area contributed by atoms with Crippen molar-refractivity contribution in [3.05, 3.63) is 63.6 Å². The molecule has 0 saturated carbocycles. The van der Waals surface area contributed by atoms with Gasteiger partial charge in [-0.2, -0.15) is 0 Å². The van der Waals surface area contributed by atoms with Crippen molar-refractivity contribution in [1.82, 2.24) is 10.3 Å². The molecular weight excluding hydrogens is 274 g/mol. The normalized spacial score (nSPS) is 12.4. The van der Waals surface area contributed by atoms with E-state index in [4.69, 9.17) is 23.2 Å². The molecule has 1 heterocycles. The van der Waals surface area contributed by atoms with Gasteiger partial charge in [-0.1, -0.05) is 23.2 Å². The van der Waals surface area contributed by atoms with Crippen LogP contribution in [0.3, 0.4) is 0 Å². The molecule has 1 atom stereocenters. The third-order valence-electron chi connectivity index (χ3n) is 2.57. The van der Waals surface area contributed by atoms with E-state index in [0.29, 0.717) is 10.0 Å². The summed E-state index contributed by atoms with van der Waals surface area (Å²) in [6.07, 6.45) is 2.78. The summed E-state index contributed by atoms with van der Waals surface area (Å²) in [5.41, 5.74) is 1.58. The van der Waals surface area contributed by atoms with E-state index in [1.54, 1.807) is 31.4 Å². The fourth-order valence-electron chi connectivity index (χ4n) is 1.85. The quantitative estimate of drug-likeness (QED) is 0.926. The first-order valence-corrected chi connectivity index (χ1v) is 6.09. The topological polar surface area (TPSA) is 24.9 Å². The summed E-state index contributed by atoms with van der Waals surface area (Å²) >= 11 is 11.9. The van der Waals surface area contributed by atoms with Crippen LogP contribution in [0, 0.1) is 5.82 Å². The first-order valence-electron chi connectivity index (χ1n) is 5.34. The van der Waals surface area contributed by atoms with E-state index in [-0.39, 0.29) is 11.9 Å². The summed E-state index contributed by atoms with van der Waals surface area (Å²) in [4.78, 5) is 3.84. The number of halogens is 3. The molecule has 2 aromatic rings. The molecule has 18 heavy (non-hydrogen) atoms. The maximum absolute atomic E-state index is 13.2. The Bertz CT molecular complexity index is 540. The fourth-order valence-corrected chi connectivity index (χ4v) is 2.40. The Hall–Kier alpha value is -1.16. The molecule has 5 heteroatoms. The Kier molecular flexibility index (Phi) is 4.17. The lowest BCUT2D eigenvalue weighted by molar-refractivity contribution is 0.609. The van der Waals surface area contributed by atoms with Gasteiger partial charge in [-0.25, -0.2) is 4.39 Å². The maximum atomic E-state index is 13.2. The molecule has 0 fully saturated rings. The molecule has 0 saturated heterocycles. The summed E-state index contributed by atoms with van der Waals surface area (Å²) in [6.45, 7) is 0. The maximum Gasteiger partial charge on any atom is 0.141 e. The minimum Gasteiger partial charge on any atom is -0.309 e. The molecule has 2 rings (SSSR count). The van der Waals surface area contributed by atoms with Gasteiger partial charge < -0.3 is 5.32 Å². The lowest BCUT2D eigenvalue weighted by Crippen LogP contribution is -2.18. The highest BCUT2D eigenvalue weighted by molar-refractivity contribution is 6.34. The van der Waals surface area contributed by atoms with Crippen molar-refractivity contribution in [3.63, 3.8) is 0 Å². The number of hydrogen-bond donors (Lipinski definition) is 1. The minimum absolute atomic E-state index is 0.204. The molecule has 0 bridgehead atoms. The van der Waals surface area contributed by atoms with Gasteiger partial charge in [0.05, 0.1) is 12.2 Å². The highest BCUT2D eigenvalue weighted by Gasteiger charge is 2.14. The molecule has 2 nitrogen and oxygen atoms in total. The van der Waals surface area contributed by atoms with Gasteiger partial charge in [-0.05, 0) is 42.4 Å². The monoisotopic (exact) mass is 284 g/mol. The van der Waals surface area contributed by atoms with E-state index in [1.807, 2.05) is 0 Å². The van der Waals surface area contributed by atoms with Gasteiger partial charge in [0.2, 0.25) is 0 Å². The molecule has 0 radical (unpaired) electrons. The highest BCUT2D eigenvalue weighted by atomic mass is 35.5. The van der Waals surface area contributed by atoms with Crippen LogP contribution < -0.4 is 5.32 Å². The van der Waals surface area contributed by atoms with Crippen molar-refractivity contribution in [2.45, 2.75) is 6.04 Å². The van der Waals surface area contributed by atoms with Crippen molar-refractivity contribution < 1.29 is 4.39 Å². The van der Waals surface area contributed by atoms with Crippen molar-refractivity contribution >= 4 is 23.2 Å². The number of nitrogens with one attached hydrogen (secondary N) is 1. The van der Waals surface area contributed by atoms with Crippen molar-refractivity contribution in [3.8, 4) is 0 Å². The van der Waals surface area contributed by atoms with E-state index in [2.05, 4.69) is 10.3 Å². The molecule has 0 aliphatic rings. The molecular formula is C13H11Cl2FN2. The van der Waals surface area contributed by atoms with Gasteiger partial charge in [0.1, 0.15) is 5.82 Å². The van der Waals surface area contributed by atoms with Crippen LogP contribution in [0.25, 0.3) is 0 Å². The second-order valence-corrected chi connectivity index (χ2v) is 4.73. The van der Waals surface area contributed by atoms with E-state index < -0.39 is 0 Å². The molecule has 0 aliphatic carbocycles. The smallest absolute Gasteiger partial charge is 0.141 e. The van der Waals surface area contributed by atoms with Crippen molar-refractivity contribution in [2.24, 2.45) is 0 Å². The van der Waals surface area contributed by atoms with Crippen LogP contribution in [0.1, 0.15) is 17.2 Å². The molecule has 0 amide bonds. The highest BCUT2D eigenvalue weighted by Crippen LogP contribution is 2.27. The zero-order chi connectivity index (χ0) is 13.1. The Morgan fingerprint density at radius 3 is 2.28 bits per heavy atom. The van der Waals surface area contributed by atoms with Gasteiger partial charge in [-0.15, -0.1) is 0 Å². The van der Waals surface area contributed by atoms with Crippen LogP contribution in [0.2, 0.25) is 10.0 Å². The first-order chi connectivity index (χ1) is 8.60. The zero-order valence-corrected chi connectivity index (χ0v) is 11.1. The number of aromatic nitrogens is 1. The fraction of sp³-hybridized carbons (Fsp3) is 0.154. The van der Waals surface area contributed by atoms with Crippen LogP contribution in [0.4, 0.5) is 4.39 Å². The molecule has 1 aromatic heterocycles. The van der Waals surface area contributed by atoms with Gasteiger partial charge in [-0.3, -0.25) is 4.98 Å². The van der Waals surface area contributed by atoms with E-state index in [1.165, 1.54) is 12.3 Å². The lowest BCUT2D eigenvalue weighted by atomic mass is 10.0. The van der Waals surface area contributed by atoms with E-state index in [0.717, 1.165) is 11.1 Å². The van der Waals surface area contributed by atoms with E-state index in [9.17, 15) is 4.39 Å². The van der Waals surface area contributed by atoms with Crippen LogP contribution >= 0.6 is 23.2 Å². The predicted octanol–water partition coefficient (Wildman–Crippen LogP) is 3.84. The summed E-state index contributed by atoms with van der Waals surface area (Å²) in [7, 11) is 1.78. The average Bonchev–Trinajstić information content (AvgIpc) is 2.28. The molecule has 1 N–H and O–H groups in total. The molecule has 0 aliphatic heterocycles. The SMILES string of the molecule is CNC(c1cncc(F)c1)c1cc(Cl)cc(Cl)c1. The van der Waals surface area contributed by atoms with Crippen LogP contribution in [0.15, 0.2) is 36.7 Å². The van der Waals surface area contributed by atoms with Gasteiger partial charge >= 0.3 is 0 Å². The zero-order valence-electron chi connectivity index (χ0n) is 9.62. The Labute approximate surface area is 115 Å². The standard InChI is InChI=1S/C13H11Cl2FN2/c1-17-13(9-4-12(16)7-18-6-9)8-2-10(14)5-11(15)3-8/h2-7,13,17H,1H3. The van der Waals surface area contributed by atoms with Crippen molar-refractivity contribution in [1.29, 1.82) is 0 Å². The lowest BCUT2D eigenvalue weighted by Gasteiger charge is -2.17. The Morgan fingerprint density at radius 1 is 1.06 bits per heavy atom. The van der Waals surface area contributed by atoms with Crippen LogP contribution in [-0.4, -0.2) is 12.0 Å². The molecule has 1 unspecified atom stereocenters.